The second-order valence-electron chi connectivity index (χ2n) is 4.81. The van der Waals surface area contributed by atoms with Gasteiger partial charge in [-0.2, -0.15) is 5.10 Å². The topological polar surface area (TPSA) is 83.0 Å². The minimum atomic E-state index is -0.155. The van der Waals surface area contributed by atoms with Crippen LogP contribution in [0.4, 0.5) is 0 Å². The minimum Gasteiger partial charge on any atom is -0.460 e. The summed E-state index contributed by atoms with van der Waals surface area (Å²) in [7, 11) is 0. The summed E-state index contributed by atoms with van der Waals surface area (Å²) in [6.45, 7) is 4.50. The van der Waals surface area contributed by atoms with Crippen LogP contribution in [0, 0.1) is 12.8 Å². The number of furan rings is 1. The number of H-pyrrole nitrogens is 1. The van der Waals surface area contributed by atoms with E-state index in [1.165, 1.54) is 0 Å². The van der Waals surface area contributed by atoms with Crippen molar-refractivity contribution >= 4 is 5.91 Å². The maximum absolute atomic E-state index is 11.9. The number of carbonyl (C=O) groups excluding carboxylic acids is 1. The van der Waals surface area contributed by atoms with E-state index in [4.69, 9.17) is 4.42 Å². The SMILES string of the molecule is Cc1ccc(-c2cc(C(=O)NCC3CNC3)n[nH]2)o1. The van der Waals surface area contributed by atoms with E-state index in [0.717, 1.165) is 18.8 Å². The molecule has 0 unspecified atom stereocenters. The summed E-state index contributed by atoms with van der Waals surface area (Å²) in [5, 5.41) is 12.9. The highest BCUT2D eigenvalue weighted by atomic mass is 16.3. The molecule has 1 aliphatic rings. The number of amides is 1. The number of carbonyl (C=O) groups is 1. The summed E-state index contributed by atoms with van der Waals surface area (Å²) < 4.78 is 5.48. The Kier molecular flexibility index (Phi) is 3.08. The van der Waals surface area contributed by atoms with Gasteiger partial charge in [0, 0.05) is 31.6 Å². The van der Waals surface area contributed by atoms with E-state index in [9.17, 15) is 4.79 Å². The van der Waals surface area contributed by atoms with Crippen LogP contribution in [-0.2, 0) is 0 Å². The number of aromatic amines is 1. The molecule has 1 amide bonds. The zero-order valence-corrected chi connectivity index (χ0v) is 10.7. The largest absolute Gasteiger partial charge is 0.460 e. The first-order valence-corrected chi connectivity index (χ1v) is 6.33. The highest BCUT2D eigenvalue weighted by Crippen LogP contribution is 2.20. The van der Waals surface area contributed by atoms with Gasteiger partial charge >= 0.3 is 0 Å². The Morgan fingerprint density at radius 2 is 2.37 bits per heavy atom. The minimum absolute atomic E-state index is 0.155. The van der Waals surface area contributed by atoms with Crippen molar-refractivity contribution in [2.75, 3.05) is 19.6 Å². The zero-order chi connectivity index (χ0) is 13.2. The van der Waals surface area contributed by atoms with Gasteiger partial charge in [-0.15, -0.1) is 0 Å². The molecule has 0 atom stereocenters. The molecule has 1 fully saturated rings. The molecule has 2 aromatic rings. The van der Waals surface area contributed by atoms with Crippen molar-refractivity contribution in [1.29, 1.82) is 0 Å². The van der Waals surface area contributed by atoms with Gasteiger partial charge in [-0.3, -0.25) is 9.89 Å². The second-order valence-corrected chi connectivity index (χ2v) is 4.81. The quantitative estimate of drug-likeness (QED) is 0.763. The van der Waals surface area contributed by atoms with Gasteiger partial charge in [0.15, 0.2) is 11.5 Å². The summed E-state index contributed by atoms with van der Waals surface area (Å²) in [6.07, 6.45) is 0. The molecule has 1 saturated heterocycles. The van der Waals surface area contributed by atoms with Crippen molar-refractivity contribution < 1.29 is 9.21 Å². The fraction of sp³-hybridized carbons (Fsp3) is 0.385. The molecule has 1 aliphatic heterocycles. The van der Waals surface area contributed by atoms with E-state index in [1.54, 1.807) is 6.07 Å². The lowest BCUT2D eigenvalue weighted by molar-refractivity contribution is 0.0937. The van der Waals surface area contributed by atoms with Gasteiger partial charge in [-0.25, -0.2) is 0 Å². The van der Waals surface area contributed by atoms with Crippen molar-refractivity contribution in [3.05, 3.63) is 29.7 Å². The Labute approximate surface area is 110 Å². The summed E-state index contributed by atoms with van der Waals surface area (Å²) >= 11 is 0. The summed E-state index contributed by atoms with van der Waals surface area (Å²) in [5.41, 5.74) is 1.10. The van der Waals surface area contributed by atoms with Gasteiger partial charge in [-0.05, 0) is 19.1 Å². The van der Waals surface area contributed by atoms with Gasteiger partial charge < -0.3 is 15.1 Å². The van der Waals surface area contributed by atoms with Crippen LogP contribution < -0.4 is 10.6 Å². The summed E-state index contributed by atoms with van der Waals surface area (Å²) in [5.74, 6) is 1.90. The molecule has 0 aliphatic carbocycles. The monoisotopic (exact) mass is 260 g/mol. The molecule has 3 rings (SSSR count). The number of aromatic nitrogens is 2. The molecule has 6 heteroatoms. The molecule has 0 radical (unpaired) electrons. The predicted octanol–water partition coefficient (Wildman–Crippen LogP) is 0.927. The smallest absolute Gasteiger partial charge is 0.271 e. The van der Waals surface area contributed by atoms with Crippen LogP contribution in [0.5, 0.6) is 0 Å². The van der Waals surface area contributed by atoms with Gasteiger partial charge in [0.25, 0.3) is 5.91 Å². The molecule has 19 heavy (non-hydrogen) atoms. The fourth-order valence-corrected chi connectivity index (χ4v) is 1.96. The number of nitrogens with zero attached hydrogens (tertiary/aromatic N) is 1. The first kappa shape index (κ1) is 12.0. The first-order valence-electron chi connectivity index (χ1n) is 6.33. The molecule has 0 bridgehead atoms. The molecule has 3 N–H and O–H groups in total. The fourth-order valence-electron chi connectivity index (χ4n) is 1.96. The molecular formula is C13H16N4O2. The molecule has 0 spiro atoms. The van der Waals surface area contributed by atoms with Crippen LogP contribution in [0.1, 0.15) is 16.2 Å². The molecule has 3 heterocycles. The Morgan fingerprint density at radius 3 is 3.00 bits per heavy atom. The third kappa shape index (κ3) is 2.53. The molecule has 0 aromatic carbocycles. The van der Waals surface area contributed by atoms with E-state index >= 15 is 0 Å². The Hall–Kier alpha value is -2.08. The average molecular weight is 260 g/mol. The van der Waals surface area contributed by atoms with Gasteiger partial charge in [-0.1, -0.05) is 0 Å². The molecule has 100 valence electrons. The lowest BCUT2D eigenvalue weighted by Crippen LogP contribution is -2.48. The van der Waals surface area contributed by atoms with Crippen molar-refractivity contribution in [1.82, 2.24) is 20.8 Å². The van der Waals surface area contributed by atoms with E-state index in [-0.39, 0.29) is 5.91 Å². The van der Waals surface area contributed by atoms with Crippen molar-refractivity contribution in [2.24, 2.45) is 5.92 Å². The molecular weight excluding hydrogens is 244 g/mol. The highest BCUT2D eigenvalue weighted by molar-refractivity contribution is 5.93. The van der Waals surface area contributed by atoms with Crippen molar-refractivity contribution in [3.8, 4) is 11.5 Å². The van der Waals surface area contributed by atoms with Crippen LogP contribution in [0.25, 0.3) is 11.5 Å². The maximum atomic E-state index is 11.9. The standard InChI is InChI=1S/C13H16N4O2/c1-8-2-3-12(19-8)10-4-11(17-16-10)13(18)15-7-9-5-14-6-9/h2-4,9,14H,5-7H2,1H3,(H,15,18)(H,16,17). The summed E-state index contributed by atoms with van der Waals surface area (Å²) in [4.78, 5) is 11.9. The number of aryl methyl sites for hydroxylation is 1. The van der Waals surface area contributed by atoms with Gasteiger partial charge in [0.1, 0.15) is 11.5 Å². The number of hydrogen-bond donors (Lipinski definition) is 3. The second kappa shape index (κ2) is 4.89. The van der Waals surface area contributed by atoms with Crippen LogP contribution in [0.15, 0.2) is 22.6 Å². The van der Waals surface area contributed by atoms with Crippen LogP contribution >= 0.6 is 0 Å². The lowest BCUT2D eigenvalue weighted by Gasteiger charge is -2.26. The Morgan fingerprint density at radius 1 is 1.53 bits per heavy atom. The third-order valence-electron chi connectivity index (χ3n) is 3.23. The predicted molar refractivity (Wildman–Crippen MR) is 69.7 cm³/mol. The third-order valence-corrected chi connectivity index (χ3v) is 3.23. The van der Waals surface area contributed by atoms with E-state index in [2.05, 4.69) is 20.8 Å². The summed E-state index contributed by atoms with van der Waals surface area (Å²) in [6, 6.07) is 5.43. The van der Waals surface area contributed by atoms with Crippen LogP contribution in [0.3, 0.4) is 0 Å². The van der Waals surface area contributed by atoms with E-state index < -0.39 is 0 Å². The Bertz CT molecular complexity index is 583. The number of rotatable bonds is 4. The molecule has 2 aromatic heterocycles. The highest BCUT2D eigenvalue weighted by Gasteiger charge is 2.19. The normalized spacial score (nSPS) is 15.2. The molecule has 6 nitrogen and oxygen atoms in total. The molecule has 0 saturated carbocycles. The average Bonchev–Trinajstić information content (AvgIpc) is 2.94. The van der Waals surface area contributed by atoms with Crippen molar-refractivity contribution in [2.45, 2.75) is 6.92 Å². The first-order chi connectivity index (χ1) is 9.22. The van der Waals surface area contributed by atoms with E-state index in [0.29, 0.717) is 29.6 Å². The van der Waals surface area contributed by atoms with E-state index in [1.807, 2.05) is 19.1 Å². The Balaban J connectivity index is 1.64. The lowest BCUT2D eigenvalue weighted by atomic mass is 10.0. The number of nitrogens with one attached hydrogen (secondary N) is 3. The van der Waals surface area contributed by atoms with Crippen LogP contribution in [0.2, 0.25) is 0 Å². The number of hydrogen-bond acceptors (Lipinski definition) is 4. The zero-order valence-electron chi connectivity index (χ0n) is 10.7. The van der Waals surface area contributed by atoms with Crippen molar-refractivity contribution in [3.63, 3.8) is 0 Å². The van der Waals surface area contributed by atoms with Crippen LogP contribution in [-0.4, -0.2) is 35.7 Å². The van der Waals surface area contributed by atoms with Gasteiger partial charge in [0.2, 0.25) is 0 Å². The van der Waals surface area contributed by atoms with Gasteiger partial charge in [0.05, 0.1) is 0 Å². The maximum Gasteiger partial charge on any atom is 0.271 e.